The summed E-state index contributed by atoms with van der Waals surface area (Å²) in [5.74, 6) is -4.84. The van der Waals surface area contributed by atoms with Gasteiger partial charge in [-0.05, 0) is 49.6 Å². The minimum absolute atomic E-state index is 0.347. The number of benzene rings is 3. The number of aryl methyl sites for hydroxylation is 2. The van der Waals surface area contributed by atoms with Crippen LogP contribution in [0.15, 0.2) is 85.1 Å². The molecular formula is C32H32N4O4. The molecule has 4 unspecified atom stereocenters. The summed E-state index contributed by atoms with van der Waals surface area (Å²) >= 11 is 0. The Hall–Kier alpha value is -4.56. The van der Waals surface area contributed by atoms with Crippen molar-refractivity contribution in [1.29, 1.82) is 0 Å². The van der Waals surface area contributed by atoms with Crippen LogP contribution in [0.4, 0.5) is 11.4 Å². The van der Waals surface area contributed by atoms with E-state index in [2.05, 4.69) is 20.8 Å². The molecule has 204 valence electrons. The molecule has 0 radical (unpaired) electrons. The van der Waals surface area contributed by atoms with E-state index in [1.165, 1.54) is 6.92 Å². The van der Waals surface area contributed by atoms with Gasteiger partial charge in [-0.25, -0.2) is 0 Å². The minimum atomic E-state index is -1.72. The Kier molecular flexibility index (Phi) is 7.36. The fourth-order valence-corrected chi connectivity index (χ4v) is 5.70. The highest BCUT2D eigenvalue weighted by Crippen LogP contribution is 2.48. The lowest BCUT2D eigenvalue weighted by atomic mass is 9.61. The Balaban J connectivity index is 1.63. The summed E-state index contributed by atoms with van der Waals surface area (Å²) in [7, 11) is 0. The lowest BCUT2D eigenvalue weighted by Gasteiger charge is -2.44. The standard InChI is InChI=1S/C32H32N4O4/c1-19-11-7-9-15-23(19)34-30(38)27-25(37)17-32(3,40)28(31(39)35-24-16-10-8-12-20(24)2)26(27)22-18-33-36-29(22)21-13-5-4-6-14-21/h4-16,18,26-28,40H,17H2,1-3H3,(H,33,36)(H,34,38)(H,35,39). The topological polar surface area (TPSA) is 124 Å². The monoisotopic (exact) mass is 536 g/mol. The first-order chi connectivity index (χ1) is 19.2. The van der Waals surface area contributed by atoms with Crippen LogP contribution in [0.25, 0.3) is 11.3 Å². The fourth-order valence-electron chi connectivity index (χ4n) is 5.70. The molecule has 40 heavy (non-hydrogen) atoms. The van der Waals surface area contributed by atoms with E-state index >= 15 is 0 Å². The average molecular weight is 537 g/mol. The number of Topliss-reactive ketones (excluding diaryl/α,β-unsaturated/α-hetero) is 1. The van der Waals surface area contributed by atoms with Gasteiger partial charge in [-0.2, -0.15) is 5.10 Å². The van der Waals surface area contributed by atoms with E-state index in [-0.39, 0.29) is 6.42 Å². The van der Waals surface area contributed by atoms with Gasteiger partial charge in [0, 0.05) is 29.3 Å². The van der Waals surface area contributed by atoms with Crippen molar-refractivity contribution < 1.29 is 19.5 Å². The number of aromatic amines is 1. The number of amides is 2. The van der Waals surface area contributed by atoms with E-state index in [1.54, 1.807) is 24.4 Å². The second kappa shape index (κ2) is 10.9. The molecule has 1 aliphatic rings. The number of anilines is 2. The average Bonchev–Trinajstić information content (AvgIpc) is 3.40. The number of carbonyl (C=O) groups is 3. The summed E-state index contributed by atoms with van der Waals surface area (Å²) in [6, 6.07) is 24.0. The lowest BCUT2D eigenvalue weighted by molar-refractivity contribution is -0.150. The molecule has 4 N–H and O–H groups in total. The first-order valence-corrected chi connectivity index (χ1v) is 13.2. The SMILES string of the molecule is Cc1ccccc1NC(=O)C1C(=O)CC(C)(O)C(C(=O)Nc2ccccc2C)C1c1cn[nH]c1-c1ccccc1. The van der Waals surface area contributed by atoms with E-state index in [4.69, 9.17) is 0 Å². The van der Waals surface area contributed by atoms with Crippen molar-refractivity contribution in [1.82, 2.24) is 10.2 Å². The molecule has 8 nitrogen and oxygen atoms in total. The van der Waals surface area contributed by atoms with Crippen LogP contribution in [-0.4, -0.2) is 38.5 Å². The van der Waals surface area contributed by atoms with Gasteiger partial charge in [-0.15, -0.1) is 0 Å². The smallest absolute Gasteiger partial charge is 0.235 e. The number of aliphatic hydroxyl groups is 1. The van der Waals surface area contributed by atoms with Gasteiger partial charge in [0.15, 0.2) is 0 Å². The van der Waals surface area contributed by atoms with E-state index in [9.17, 15) is 19.5 Å². The van der Waals surface area contributed by atoms with Gasteiger partial charge in [0.1, 0.15) is 11.7 Å². The van der Waals surface area contributed by atoms with E-state index in [0.717, 1.165) is 16.7 Å². The maximum atomic E-state index is 14.0. The molecule has 0 bridgehead atoms. The number of carbonyl (C=O) groups excluding carboxylic acids is 3. The quantitative estimate of drug-likeness (QED) is 0.258. The summed E-state index contributed by atoms with van der Waals surface area (Å²) < 4.78 is 0. The first kappa shape index (κ1) is 27.0. The summed E-state index contributed by atoms with van der Waals surface area (Å²) in [6.45, 7) is 5.22. The molecule has 5 rings (SSSR count). The highest BCUT2D eigenvalue weighted by Gasteiger charge is 2.56. The second-order valence-corrected chi connectivity index (χ2v) is 10.7. The van der Waals surface area contributed by atoms with Gasteiger partial charge in [0.25, 0.3) is 0 Å². The lowest BCUT2D eigenvalue weighted by Crippen LogP contribution is -2.56. The molecule has 2 amide bonds. The van der Waals surface area contributed by atoms with Gasteiger partial charge >= 0.3 is 0 Å². The Morgan fingerprint density at radius 3 is 2.02 bits per heavy atom. The molecule has 1 fully saturated rings. The summed E-state index contributed by atoms with van der Waals surface area (Å²) in [4.78, 5) is 41.6. The zero-order chi connectivity index (χ0) is 28.4. The van der Waals surface area contributed by atoms with Crippen LogP contribution in [0.2, 0.25) is 0 Å². The van der Waals surface area contributed by atoms with Crippen molar-refractivity contribution in [3.8, 4) is 11.3 Å². The Morgan fingerprint density at radius 2 is 1.43 bits per heavy atom. The number of hydrogen-bond donors (Lipinski definition) is 4. The van der Waals surface area contributed by atoms with Crippen LogP contribution in [-0.2, 0) is 14.4 Å². The molecule has 1 saturated carbocycles. The molecule has 3 aromatic carbocycles. The van der Waals surface area contributed by atoms with Crippen LogP contribution < -0.4 is 10.6 Å². The molecule has 8 heteroatoms. The number of hydrogen-bond acceptors (Lipinski definition) is 5. The zero-order valence-corrected chi connectivity index (χ0v) is 22.6. The normalized spacial score (nSPS) is 22.5. The molecule has 0 saturated heterocycles. The molecule has 0 aliphatic heterocycles. The minimum Gasteiger partial charge on any atom is -0.389 e. The highest BCUT2D eigenvalue weighted by molar-refractivity contribution is 6.11. The summed E-state index contributed by atoms with van der Waals surface area (Å²) in [5.41, 5.74) is 3.00. The van der Waals surface area contributed by atoms with Crippen molar-refractivity contribution >= 4 is 29.0 Å². The van der Waals surface area contributed by atoms with Crippen molar-refractivity contribution in [2.45, 2.75) is 38.7 Å². The fraction of sp³-hybridized carbons (Fsp3) is 0.250. The number of nitrogens with zero attached hydrogens (tertiary/aromatic N) is 1. The molecule has 1 aliphatic carbocycles. The largest absolute Gasteiger partial charge is 0.389 e. The molecule has 1 heterocycles. The van der Waals surface area contributed by atoms with Crippen LogP contribution in [0, 0.1) is 25.7 Å². The van der Waals surface area contributed by atoms with Crippen molar-refractivity contribution in [2.75, 3.05) is 10.6 Å². The van der Waals surface area contributed by atoms with Gasteiger partial charge < -0.3 is 15.7 Å². The number of nitrogens with one attached hydrogen (secondary N) is 3. The first-order valence-electron chi connectivity index (χ1n) is 13.2. The van der Waals surface area contributed by atoms with Crippen molar-refractivity contribution in [3.05, 3.63) is 102 Å². The Labute approximate surface area is 232 Å². The second-order valence-electron chi connectivity index (χ2n) is 10.7. The van der Waals surface area contributed by atoms with Gasteiger partial charge in [-0.1, -0.05) is 66.7 Å². The number of para-hydroxylation sites is 2. The van der Waals surface area contributed by atoms with Crippen LogP contribution in [0.1, 0.15) is 36.0 Å². The van der Waals surface area contributed by atoms with E-state index in [0.29, 0.717) is 22.6 Å². The van der Waals surface area contributed by atoms with Gasteiger partial charge in [-0.3, -0.25) is 19.5 Å². The Morgan fingerprint density at radius 1 is 0.875 bits per heavy atom. The summed E-state index contributed by atoms with van der Waals surface area (Å²) in [6.07, 6.45) is 1.20. The maximum absolute atomic E-state index is 14.0. The number of aromatic nitrogens is 2. The molecule has 4 aromatic rings. The summed E-state index contributed by atoms with van der Waals surface area (Å²) in [5, 5.41) is 24.7. The third-order valence-corrected chi connectivity index (χ3v) is 7.73. The van der Waals surface area contributed by atoms with Crippen molar-refractivity contribution in [2.24, 2.45) is 11.8 Å². The third kappa shape index (κ3) is 5.18. The zero-order valence-electron chi connectivity index (χ0n) is 22.6. The van der Waals surface area contributed by atoms with Crippen molar-refractivity contribution in [3.63, 3.8) is 0 Å². The highest BCUT2D eigenvalue weighted by atomic mass is 16.3. The van der Waals surface area contributed by atoms with Gasteiger partial charge in [0.2, 0.25) is 11.8 Å². The van der Waals surface area contributed by atoms with Crippen LogP contribution in [0.5, 0.6) is 0 Å². The molecular weight excluding hydrogens is 504 g/mol. The number of ketones is 1. The molecule has 4 atom stereocenters. The maximum Gasteiger partial charge on any atom is 0.235 e. The molecule has 0 spiro atoms. The predicted molar refractivity (Wildman–Crippen MR) is 154 cm³/mol. The van der Waals surface area contributed by atoms with E-state index < -0.39 is 41.0 Å². The predicted octanol–water partition coefficient (Wildman–Crippen LogP) is 5.01. The third-order valence-electron chi connectivity index (χ3n) is 7.73. The van der Waals surface area contributed by atoms with Crippen LogP contribution >= 0.6 is 0 Å². The Bertz CT molecular complexity index is 1560. The number of rotatable bonds is 6. The number of H-pyrrole nitrogens is 1. The van der Waals surface area contributed by atoms with Gasteiger partial charge in [0.05, 0.1) is 23.4 Å². The van der Waals surface area contributed by atoms with E-state index in [1.807, 2.05) is 74.5 Å². The molecule has 1 aromatic heterocycles. The van der Waals surface area contributed by atoms with Crippen LogP contribution in [0.3, 0.4) is 0 Å².